The van der Waals surface area contributed by atoms with Gasteiger partial charge in [-0.1, -0.05) is 30.3 Å². The molecule has 0 aliphatic heterocycles. The zero-order valence-corrected chi connectivity index (χ0v) is 16.2. The predicted octanol–water partition coefficient (Wildman–Crippen LogP) is 4.06. The molecule has 1 aliphatic carbocycles. The number of carbonyl (C=O) groups excluding carboxylic acids is 3. The standard InChI is InChI=1S/C21H24ClNO3/c1-13-14(2)21(26)17(15(3)20(13)25)10-7-11-19(24)23-12-18(22)16-8-5-4-6-9-16/h4-6,8-9,18H,7,10-12H2,1-3H3,(H,23,24). The number of carbonyl (C=O) groups is 3. The molecule has 1 N–H and O–H groups in total. The molecule has 0 spiro atoms. The monoisotopic (exact) mass is 373 g/mol. The van der Waals surface area contributed by atoms with Crippen molar-refractivity contribution in [3.05, 3.63) is 58.2 Å². The van der Waals surface area contributed by atoms with E-state index in [0.717, 1.165) is 5.56 Å². The van der Waals surface area contributed by atoms with Crippen LogP contribution in [0, 0.1) is 0 Å². The second kappa shape index (κ2) is 8.95. The molecular formula is C21H24ClNO3. The highest BCUT2D eigenvalue weighted by atomic mass is 35.5. The fourth-order valence-corrected chi connectivity index (χ4v) is 3.18. The molecule has 138 valence electrons. The average molecular weight is 374 g/mol. The summed E-state index contributed by atoms with van der Waals surface area (Å²) in [5.41, 5.74) is 3.02. The van der Waals surface area contributed by atoms with Crippen LogP contribution in [0.3, 0.4) is 0 Å². The predicted molar refractivity (Wildman–Crippen MR) is 103 cm³/mol. The summed E-state index contributed by atoms with van der Waals surface area (Å²) in [6.07, 6.45) is 1.23. The highest BCUT2D eigenvalue weighted by Crippen LogP contribution is 2.27. The van der Waals surface area contributed by atoms with Crippen molar-refractivity contribution in [1.29, 1.82) is 0 Å². The van der Waals surface area contributed by atoms with Crippen LogP contribution < -0.4 is 5.32 Å². The molecule has 1 aromatic carbocycles. The quantitative estimate of drug-likeness (QED) is 0.579. The van der Waals surface area contributed by atoms with Crippen molar-refractivity contribution in [3.8, 4) is 0 Å². The minimum atomic E-state index is -0.279. The average Bonchev–Trinajstić information content (AvgIpc) is 2.66. The first-order chi connectivity index (χ1) is 12.3. The van der Waals surface area contributed by atoms with Gasteiger partial charge in [0.1, 0.15) is 0 Å². The van der Waals surface area contributed by atoms with Crippen LogP contribution in [0.25, 0.3) is 0 Å². The van der Waals surface area contributed by atoms with E-state index in [1.54, 1.807) is 20.8 Å². The van der Waals surface area contributed by atoms with Crippen molar-refractivity contribution < 1.29 is 14.4 Å². The SMILES string of the molecule is CC1=C(C)C(=O)C(CCCC(=O)NCC(Cl)c2ccccc2)=C(C)C1=O. The van der Waals surface area contributed by atoms with Crippen molar-refractivity contribution in [2.45, 2.75) is 45.4 Å². The van der Waals surface area contributed by atoms with Crippen LogP contribution in [0.2, 0.25) is 0 Å². The number of hydrogen-bond donors (Lipinski definition) is 1. The van der Waals surface area contributed by atoms with Gasteiger partial charge in [-0.15, -0.1) is 11.6 Å². The van der Waals surface area contributed by atoms with E-state index in [-0.39, 0.29) is 22.9 Å². The Bertz CT molecular complexity index is 778. The van der Waals surface area contributed by atoms with Gasteiger partial charge in [0.25, 0.3) is 0 Å². The van der Waals surface area contributed by atoms with Crippen LogP contribution >= 0.6 is 11.6 Å². The highest BCUT2D eigenvalue weighted by molar-refractivity contribution is 6.24. The second-order valence-corrected chi connectivity index (χ2v) is 7.07. The Kier molecular flexibility index (Phi) is 6.92. The Morgan fingerprint density at radius 1 is 1.00 bits per heavy atom. The van der Waals surface area contributed by atoms with Gasteiger partial charge in [0, 0.05) is 35.3 Å². The van der Waals surface area contributed by atoms with Gasteiger partial charge >= 0.3 is 0 Å². The number of benzene rings is 1. The number of hydrogen-bond acceptors (Lipinski definition) is 3. The first-order valence-corrected chi connectivity index (χ1v) is 9.19. The first kappa shape index (κ1) is 20.1. The Labute approximate surface area is 159 Å². The topological polar surface area (TPSA) is 63.2 Å². The molecule has 0 saturated carbocycles. The zero-order chi connectivity index (χ0) is 19.3. The van der Waals surface area contributed by atoms with Crippen molar-refractivity contribution in [2.24, 2.45) is 0 Å². The molecule has 4 nitrogen and oxygen atoms in total. The van der Waals surface area contributed by atoms with Crippen LogP contribution in [0.4, 0.5) is 0 Å². The van der Waals surface area contributed by atoms with Gasteiger partial charge in [-0.25, -0.2) is 0 Å². The number of halogens is 1. The van der Waals surface area contributed by atoms with E-state index in [1.807, 2.05) is 30.3 Å². The minimum absolute atomic E-state index is 0.0746. The van der Waals surface area contributed by atoms with E-state index in [4.69, 9.17) is 11.6 Å². The Hall–Kier alpha value is -2.20. The summed E-state index contributed by atoms with van der Waals surface area (Å²) in [5.74, 6) is -0.262. The number of amides is 1. The first-order valence-electron chi connectivity index (χ1n) is 8.75. The third kappa shape index (κ3) is 4.70. The summed E-state index contributed by atoms with van der Waals surface area (Å²) in [6, 6.07) is 9.57. The van der Waals surface area contributed by atoms with Gasteiger partial charge in [-0.3, -0.25) is 14.4 Å². The number of allylic oxidation sites excluding steroid dienone is 4. The summed E-state index contributed by atoms with van der Waals surface area (Å²) in [4.78, 5) is 36.5. The molecule has 0 bridgehead atoms. The minimum Gasteiger partial charge on any atom is -0.354 e. The molecule has 26 heavy (non-hydrogen) atoms. The van der Waals surface area contributed by atoms with Gasteiger partial charge in [0.2, 0.25) is 5.91 Å². The molecule has 5 heteroatoms. The lowest BCUT2D eigenvalue weighted by Gasteiger charge is -2.18. The van der Waals surface area contributed by atoms with Gasteiger partial charge < -0.3 is 5.32 Å². The van der Waals surface area contributed by atoms with Gasteiger partial charge in [-0.2, -0.15) is 0 Å². The fourth-order valence-electron chi connectivity index (χ4n) is 2.95. The summed E-state index contributed by atoms with van der Waals surface area (Å²) < 4.78 is 0. The van der Waals surface area contributed by atoms with Crippen LogP contribution in [0.1, 0.15) is 51.0 Å². The van der Waals surface area contributed by atoms with E-state index in [9.17, 15) is 14.4 Å². The molecule has 1 unspecified atom stereocenters. The Morgan fingerprint density at radius 2 is 1.62 bits per heavy atom. The fraction of sp³-hybridized carbons (Fsp3) is 0.381. The van der Waals surface area contributed by atoms with Crippen LogP contribution in [0.15, 0.2) is 52.6 Å². The molecular weight excluding hydrogens is 350 g/mol. The lowest BCUT2D eigenvalue weighted by Crippen LogP contribution is -2.27. The maximum absolute atomic E-state index is 12.4. The highest BCUT2D eigenvalue weighted by Gasteiger charge is 2.27. The van der Waals surface area contributed by atoms with Gasteiger partial charge in [-0.05, 0) is 39.2 Å². The molecule has 1 amide bonds. The number of alkyl halides is 1. The summed E-state index contributed by atoms with van der Waals surface area (Å²) in [7, 11) is 0. The van der Waals surface area contributed by atoms with Crippen LogP contribution in [-0.2, 0) is 14.4 Å². The van der Waals surface area contributed by atoms with Gasteiger partial charge in [0.15, 0.2) is 11.6 Å². The van der Waals surface area contributed by atoms with E-state index in [1.165, 1.54) is 0 Å². The Morgan fingerprint density at radius 3 is 2.27 bits per heavy atom. The van der Waals surface area contributed by atoms with Gasteiger partial charge in [0.05, 0.1) is 5.38 Å². The van der Waals surface area contributed by atoms with E-state index < -0.39 is 0 Å². The van der Waals surface area contributed by atoms with Crippen LogP contribution in [0.5, 0.6) is 0 Å². The summed E-state index contributed by atoms with van der Waals surface area (Å²) in [6.45, 7) is 5.39. The van der Waals surface area contributed by atoms with E-state index >= 15 is 0 Å². The van der Waals surface area contributed by atoms with E-state index in [2.05, 4.69) is 5.32 Å². The molecule has 0 fully saturated rings. The maximum Gasteiger partial charge on any atom is 0.220 e. The smallest absolute Gasteiger partial charge is 0.220 e. The molecule has 1 aliphatic rings. The number of Topliss-reactive ketones (excluding diaryl/α,β-unsaturated/α-hetero) is 2. The molecule has 0 saturated heterocycles. The third-order valence-corrected chi connectivity index (χ3v) is 5.19. The van der Waals surface area contributed by atoms with Crippen molar-refractivity contribution in [2.75, 3.05) is 6.54 Å². The number of nitrogens with one attached hydrogen (secondary N) is 1. The molecule has 1 aromatic rings. The molecule has 0 heterocycles. The summed E-state index contributed by atoms with van der Waals surface area (Å²) in [5, 5.41) is 2.54. The molecule has 2 rings (SSSR count). The summed E-state index contributed by atoms with van der Waals surface area (Å²) >= 11 is 6.28. The lowest BCUT2D eigenvalue weighted by molar-refractivity contribution is -0.121. The third-order valence-electron chi connectivity index (χ3n) is 4.78. The van der Waals surface area contributed by atoms with Crippen molar-refractivity contribution >= 4 is 29.1 Å². The van der Waals surface area contributed by atoms with Crippen LogP contribution in [-0.4, -0.2) is 24.0 Å². The normalized spacial score (nSPS) is 16.2. The largest absolute Gasteiger partial charge is 0.354 e. The number of rotatable bonds is 7. The van der Waals surface area contributed by atoms with Crippen molar-refractivity contribution in [1.82, 2.24) is 5.32 Å². The number of ketones is 2. The molecule has 0 radical (unpaired) electrons. The zero-order valence-electron chi connectivity index (χ0n) is 15.4. The van der Waals surface area contributed by atoms with E-state index in [0.29, 0.717) is 48.1 Å². The van der Waals surface area contributed by atoms with Crippen molar-refractivity contribution in [3.63, 3.8) is 0 Å². The molecule has 1 atom stereocenters. The second-order valence-electron chi connectivity index (χ2n) is 6.55. The Balaban J connectivity index is 1.81. The maximum atomic E-state index is 12.4. The lowest BCUT2D eigenvalue weighted by atomic mass is 9.84. The molecule has 0 aromatic heterocycles.